The van der Waals surface area contributed by atoms with Gasteiger partial charge in [0.25, 0.3) is 0 Å². The highest BCUT2D eigenvalue weighted by Gasteiger charge is 2.20. The maximum Gasteiger partial charge on any atom is 0.306 e. The van der Waals surface area contributed by atoms with Crippen molar-refractivity contribution in [2.45, 2.75) is 425 Å². The number of carbonyl (C=O) groups is 3. The monoisotopic (exact) mass is 1170 g/mol. The van der Waals surface area contributed by atoms with Crippen LogP contribution in [0.5, 0.6) is 0 Å². The SMILES string of the molecule is CCCCCC/C=C\C/C=C\CCCCCCCC(=O)OCC(COC(=O)CCCCCCCCCCCCCCCCCCCCCCCCCCCCCC)OC(=O)CCCCCCCCCCC/C=C\CCCCCCCCCC. The summed E-state index contributed by atoms with van der Waals surface area (Å²) in [6.45, 7) is 6.69. The van der Waals surface area contributed by atoms with Crippen LogP contribution in [0.2, 0.25) is 0 Å². The molecule has 0 aliphatic carbocycles. The number of unbranched alkanes of at least 4 members (excludes halogenated alkanes) is 53. The van der Waals surface area contributed by atoms with Gasteiger partial charge in [-0.05, 0) is 77.0 Å². The minimum atomic E-state index is -0.779. The predicted octanol–water partition coefficient (Wildman–Crippen LogP) is 25.9. The summed E-state index contributed by atoms with van der Waals surface area (Å²) in [5, 5.41) is 0. The number of hydrogen-bond acceptors (Lipinski definition) is 6. The lowest BCUT2D eigenvalue weighted by molar-refractivity contribution is -0.167. The molecule has 0 spiro atoms. The van der Waals surface area contributed by atoms with Crippen molar-refractivity contribution in [2.24, 2.45) is 0 Å². The summed E-state index contributed by atoms with van der Waals surface area (Å²) in [7, 11) is 0. The molecule has 1 atom stereocenters. The molecule has 0 rings (SSSR count). The third kappa shape index (κ3) is 70.3. The van der Waals surface area contributed by atoms with Gasteiger partial charge in [0, 0.05) is 19.3 Å². The Hall–Kier alpha value is -2.37. The Morgan fingerprint density at radius 3 is 0.687 bits per heavy atom. The van der Waals surface area contributed by atoms with E-state index in [1.54, 1.807) is 0 Å². The second-order valence-corrected chi connectivity index (χ2v) is 25.6. The van der Waals surface area contributed by atoms with Crippen LogP contribution in [0.15, 0.2) is 36.5 Å². The molecule has 0 aromatic heterocycles. The number of hydrogen-bond donors (Lipinski definition) is 0. The zero-order valence-corrected chi connectivity index (χ0v) is 56.2. The zero-order chi connectivity index (χ0) is 59.9. The van der Waals surface area contributed by atoms with Gasteiger partial charge in [-0.2, -0.15) is 0 Å². The van der Waals surface area contributed by atoms with Gasteiger partial charge in [0.2, 0.25) is 0 Å². The Labute approximate surface area is 518 Å². The van der Waals surface area contributed by atoms with Crippen molar-refractivity contribution in [2.75, 3.05) is 13.2 Å². The van der Waals surface area contributed by atoms with Crippen molar-refractivity contribution in [1.29, 1.82) is 0 Å². The van der Waals surface area contributed by atoms with E-state index in [2.05, 4.69) is 57.2 Å². The summed E-state index contributed by atoms with van der Waals surface area (Å²) in [4.78, 5) is 38.5. The van der Waals surface area contributed by atoms with Gasteiger partial charge in [-0.1, -0.05) is 359 Å². The molecule has 0 aliphatic rings. The second-order valence-electron chi connectivity index (χ2n) is 25.6. The minimum Gasteiger partial charge on any atom is -0.462 e. The van der Waals surface area contributed by atoms with E-state index in [4.69, 9.17) is 14.2 Å². The fourth-order valence-electron chi connectivity index (χ4n) is 11.5. The van der Waals surface area contributed by atoms with Crippen LogP contribution < -0.4 is 0 Å². The van der Waals surface area contributed by atoms with Gasteiger partial charge in [-0.3, -0.25) is 14.4 Å². The summed E-state index contributed by atoms with van der Waals surface area (Å²) >= 11 is 0. The Balaban J connectivity index is 4.24. The van der Waals surface area contributed by atoms with E-state index in [1.807, 2.05) is 0 Å². The molecule has 6 nitrogen and oxygen atoms in total. The van der Waals surface area contributed by atoms with Crippen molar-refractivity contribution in [3.8, 4) is 0 Å². The summed E-state index contributed by atoms with van der Waals surface area (Å²) < 4.78 is 17.0. The van der Waals surface area contributed by atoms with Crippen LogP contribution in [0.3, 0.4) is 0 Å². The van der Waals surface area contributed by atoms with Gasteiger partial charge in [0.05, 0.1) is 0 Å². The first-order valence-corrected chi connectivity index (χ1v) is 37.5. The molecule has 488 valence electrons. The minimum absolute atomic E-state index is 0.0727. The van der Waals surface area contributed by atoms with Crippen molar-refractivity contribution >= 4 is 17.9 Å². The van der Waals surface area contributed by atoms with E-state index in [1.165, 1.54) is 302 Å². The maximum atomic E-state index is 13.0. The van der Waals surface area contributed by atoms with E-state index in [-0.39, 0.29) is 31.1 Å². The lowest BCUT2D eigenvalue weighted by Crippen LogP contribution is -2.30. The Morgan fingerprint density at radius 2 is 0.434 bits per heavy atom. The van der Waals surface area contributed by atoms with Crippen LogP contribution in [0.4, 0.5) is 0 Å². The smallest absolute Gasteiger partial charge is 0.306 e. The molecular formula is C77H144O6. The predicted molar refractivity (Wildman–Crippen MR) is 362 cm³/mol. The lowest BCUT2D eigenvalue weighted by Gasteiger charge is -2.18. The van der Waals surface area contributed by atoms with Gasteiger partial charge in [0.15, 0.2) is 6.10 Å². The number of carbonyl (C=O) groups excluding carboxylic acids is 3. The van der Waals surface area contributed by atoms with Gasteiger partial charge < -0.3 is 14.2 Å². The third-order valence-corrected chi connectivity index (χ3v) is 17.1. The Bertz CT molecular complexity index is 1380. The fraction of sp³-hybridized carbons (Fsp3) is 0.883. The Morgan fingerprint density at radius 1 is 0.241 bits per heavy atom. The van der Waals surface area contributed by atoms with Gasteiger partial charge >= 0.3 is 17.9 Å². The molecule has 83 heavy (non-hydrogen) atoms. The topological polar surface area (TPSA) is 78.9 Å². The van der Waals surface area contributed by atoms with Crippen LogP contribution in [0.1, 0.15) is 419 Å². The molecule has 0 amide bonds. The highest BCUT2D eigenvalue weighted by Crippen LogP contribution is 2.19. The standard InChI is InChI=1S/C77H144O6/c1-4-7-10-13-16-19-22-25-28-31-33-35-36-37-38-39-40-41-43-44-46-49-52-55-58-61-64-67-70-76(79)82-73-74(72-81-75(78)69-66-63-60-57-54-51-48-30-27-24-21-18-15-12-9-6-3)83-77(80)71-68-65-62-59-56-53-50-47-45-42-34-32-29-26-23-20-17-14-11-8-5-2/h21,24,30,32,34,48,74H,4-20,22-23,25-29,31,33,35-47,49-73H2,1-3H3/b24-21-,34-32-,48-30-. The molecule has 0 bridgehead atoms. The first kappa shape index (κ1) is 80.6. The summed E-state index contributed by atoms with van der Waals surface area (Å²) in [5.41, 5.74) is 0. The van der Waals surface area contributed by atoms with Gasteiger partial charge in [-0.25, -0.2) is 0 Å². The normalized spacial score (nSPS) is 12.2. The Kier molecular flexibility index (Phi) is 70.0. The van der Waals surface area contributed by atoms with E-state index >= 15 is 0 Å². The molecule has 1 unspecified atom stereocenters. The average molecular weight is 1170 g/mol. The zero-order valence-electron chi connectivity index (χ0n) is 56.2. The molecule has 0 saturated carbocycles. The van der Waals surface area contributed by atoms with Crippen LogP contribution in [-0.4, -0.2) is 37.2 Å². The molecule has 0 aliphatic heterocycles. The molecule has 0 saturated heterocycles. The highest BCUT2D eigenvalue weighted by molar-refractivity contribution is 5.71. The van der Waals surface area contributed by atoms with E-state index in [0.29, 0.717) is 19.3 Å². The van der Waals surface area contributed by atoms with Crippen LogP contribution >= 0.6 is 0 Å². The molecule has 0 N–H and O–H groups in total. The quantitative estimate of drug-likeness (QED) is 0.0261. The highest BCUT2D eigenvalue weighted by atomic mass is 16.6. The third-order valence-electron chi connectivity index (χ3n) is 17.1. The lowest BCUT2D eigenvalue weighted by atomic mass is 10.0. The van der Waals surface area contributed by atoms with Crippen LogP contribution in [0.25, 0.3) is 0 Å². The number of esters is 3. The van der Waals surface area contributed by atoms with Gasteiger partial charge in [-0.15, -0.1) is 0 Å². The largest absolute Gasteiger partial charge is 0.462 e. The average Bonchev–Trinajstić information content (AvgIpc) is 3.49. The second kappa shape index (κ2) is 72.1. The molecule has 0 aromatic rings. The van der Waals surface area contributed by atoms with E-state index in [0.717, 1.165) is 77.0 Å². The first-order valence-electron chi connectivity index (χ1n) is 37.5. The first-order chi connectivity index (χ1) is 41.0. The van der Waals surface area contributed by atoms with Gasteiger partial charge in [0.1, 0.15) is 13.2 Å². The van der Waals surface area contributed by atoms with Crippen LogP contribution in [0, 0.1) is 0 Å². The summed E-state index contributed by atoms with van der Waals surface area (Å²) in [6, 6.07) is 0. The molecule has 0 aromatic carbocycles. The number of allylic oxidation sites excluding steroid dienone is 6. The van der Waals surface area contributed by atoms with Crippen LogP contribution in [-0.2, 0) is 28.6 Å². The van der Waals surface area contributed by atoms with E-state index < -0.39 is 6.10 Å². The number of ether oxygens (including phenoxy) is 3. The van der Waals surface area contributed by atoms with Crippen molar-refractivity contribution in [3.05, 3.63) is 36.5 Å². The van der Waals surface area contributed by atoms with Crippen molar-refractivity contribution in [3.63, 3.8) is 0 Å². The summed E-state index contributed by atoms with van der Waals surface area (Å²) in [6.07, 6.45) is 90.5. The number of rotatable bonds is 70. The van der Waals surface area contributed by atoms with Crippen molar-refractivity contribution < 1.29 is 28.6 Å². The summed E-state index contributed by atoms with van der Waals surface area (Å²) in [5.74, 6) is -0.858. The fourth-order valence-corrected chi connectivity index (χ4v) is 11.5. The van der Waals surface area contributed by atoms with E-state index in [9.17, 15) is 14.4 Å². The maximum absolute atomic E-state index is 13.0. The molecule has 0 heterocycles. The molecule has 0 fully saturated rings. The van der Waals surface area contributed by atoms with Crippen molar-refractivity contribution in [1.82, 2.24) is 0 Å². The molecule has 0 radical (unpaired) electrons. The molecule has 6 heteroatoms. The molecular weight excluding hydrogens is 1020 g/mol.